The number of fused-ring (bicyclic) bond motifs is 2. The van der Waals surface area contributed by atoms with E-state index >= 15 is 4.79 Å². The number of halogens is 1. The number of aliphatic hydroxyl groups excluding tert-OH is 1. The van der Waals surface area contributed by atoms with Gasteiger partial charge in [-0.25, -0.2) is 0 Å². The van der Waals surface area contributed by atoms with Gasteiger partial charge >= 0.3 is 5.97 Å². The molecule has 0 aromatic heterocycles. The van der Waals surface area contributed by atoms with E-state index in [1.165, 1.54) is 0 Å². The number of rotatable bonds is 6. The van der Waals surface area contributed by atoms with Crippen LogP contribution in [0.25, 0.3) is 0 Å². The van der Waals surface area contributed by atoms with Gasteiger partial charge in [-0.1, -0.05) is 97.9 Å². The van der Waals surface area contributed by atoms with Crippen LogP contribution in [0.5, 0.6) is 0 Å². The second kappa shape index (κ2) is 14.2. The van der Waals surface area contributed by atoms with Crippen molar-refractivity contribution in [2.24, 2.45) is 17.8 Å². The van der Waals surface area contributed by atoms with E-state index in [2.05, 4.69) is 21.2 Å². The van der Waals surface area contributed by atoms with Gasteiger partial charge in [-0.05, 0) is 36.8 Å². The van der Waals surface area contributed by atoms with Crippen LogP contribution in [0.3, 0.4) is 0 Å². The van der Waals surface area contributed by atoms with Crippen molar-refractivity contribution in [2.75, 3.05) is 19.7 Å². The summed E-state index contributed by atoms with van der Waals surface area (Å²) >= 11 is 3.63. The Labute approximate surface area is 285 Å². The van der Waals surface area contributed by atoms with Crippen LogP contribution in [0, 0.1) is 17.8 Å². The maximum Gasteiger partial charge on any atom is 0.313 e. The lowest BCUT2D eigenvalue weighted by molar-refractivity contribution is -0.161. The molecule has 1 aromatic rings. The van der Waals surface area contributed by atoms with Crippen LogP contribution >= 0.6 is 15.9 Å². The number of nitrogens with zero attached hydrogens (tertiary/aromatic N) is 2. The molecule has 1 spiro atoms. The third kappa shape index (κ3) is 6.19. The minimum absolute atomic E-state index is 0.0201. The highest BCUT2D eigenvalue weighted by Gasteiger charge is 2.75. The average Bonchev–Trinajstić information content (AvgIpc) is 3.68. The molecule has 10 nitrogen and oxygen atoms in total. The second-order valence-corrected chi connectivity index (χ2v) is 14.6. The standard InChI is InChI=1S/C36H46BrN3O7/c1-3-22(2)26(21-41)40-32-34(44)39(24-15-9-5-10-16-24)18-12-6-11-17-28(42)38-20-27(23-13-7-4-8-14-23)46-35(45)29-30(33(40)43)36(32)19-25(37)31(29)47-36/h4,6-8,12-14,19,22,24,26-27,29-32,41H,3,5,9-11,15-18,20-21H2,1-2H3,(H,38,42)/b12-6-/t22-,26-,27+,29+,30-,31+,32+,36-/m0/s1. The highest BCUT2D eigenvalue weighted by molar-refractivity contribution is 9.11. The van der Waals surface area contributed by atoms with Crippen molar-refractivity contribution in [1.29, 1.82) is 0 Å². The fraction of sp³-hybridized carbons (Fsp3) is 0.611. The summed E-state index contributed by atoms with van der Waals surface area (Å²) in [5.74, 6) is -3.58. The van der Waals surface area contributed by atoms with E-state index in [1.807, 2.05) is 67.3 Å². The zero-order valence-corrected chi connectivity index (χ0v) is 28.8. The van der Waals surface area contributed by atoms with Crippen molar-refractivity contribution in [1.82, 2.24) is 15.1 Å². The molecule has 1 saturated carbocycles. The summed E-state index contributed by atoms with van der Waals surface area (Å²) in [6.07, 6.45) is 10.3. The molecule has 0 unspecified atom stereocenters. The molecule has 4 aliphatic heterocycles. The summed E-state index contributed by atoms with van der Waals surface area (Å²) in [6, 6.07) is 7.47. The number of aliphatic hydroxyl groups is 1. The van der Waals surface area contributed by atoms with Crippen LogP contribution in [-0.2, 0) is 28.7 Å². The molecular formula is C36H46BrN3O7. The number of benzene rings is 1. The zero-order valence-electron chi connectivity index (χ0n) is 27.2. The third-order valence-corrected chi connectivity index (χ3v) is 11.6. The Balaban J connectivity index is 1.46. The lowest BCUT2D eigenvalue weighted by atomic mass is 9.74. The molecule has 254 valence electrons. The van der Waals surface area contributed by atoms with E-state index in [1.54, 1.807) is 4.90 Å². The normalized spacial score (nSPS) is 34.0. The molecule has 47 heavy (non-hydrogen) atoms. The lowest BCUT2D eigenvalue weighted by Crippen LogP contribution is -2.61. The van der Waals surface area contributed by atoms with E-state index in [4.69, 9.17) is 9.47 Å². The van der Waals surface area contributed by atoms with E-state index < -0.39 is 47.7 Å². The number of carbonyl (C=O) groups is 4. The summed E-state index contributed by atoms with van der Waals surface area (Å²) in [5, 5.41) is 13.7. The fourth-order valence-electron chi connectivity index (χ4n) is 8.28. The molecule has 0 radical (unpaired) electrons. The minimum atomic E-state index is -1.41. The molecule has 2 N–H and O–H groups in total. The molecule has 3 fully saturated rings. The van der Waals surface area contributed by atoms with Crippen molar-refractivity contribution in [3.8, 4) is 0 Å². The number of nitrogens with one attached hydrogen (secondary N) is 1. The number of likely N-dealkylation sites (tertiary alicyclic amines) is 1. The topological polar surface area (TPSA) is 125 Å². The smallest absolute Gasteiger partial charge is 0.313 e. The first kappa shape index (κ1) is 33.9. The van der Waals surface area contributed by atoms with Gasteiger partial charge in [0.05, 0.1) is 25.1 Å². The average molecular weight is 713 g/mol. The summed E-state index contributed by atoms with van der Waals surface area (Å²) in [7, 11) is 0. The van der Waals surface area contributed by atoms with Gasteiger partial charge in [0.2, 0.25) is 17.7 Å². The highest BCUT2D eigenvalue weighted by atomic mass is 79.9. The molecule has 3 amide bonds. The first-order valence-electron chi connectivity index (χ1n) is 17.2. The molecule has 8 atom stereocenters. The molecule has 5 bridgehead atoms. The van der Waals surface area contributed by atoms with Crippen LogP contribution in [-0.4, -0.2) is 88.1 Å². The van der Waals surface area contributed by atoms with Crippen molar-refractivity contribution in [3.63, 3.8) is 0 Å². The Hall–Kier alpha value is -3.02. The predicted molar refractivity (Wildman–Crippen MR) is 178 cm³/mol. The molecule has 2 saturated heterocycles. The largest absolute Gasteiger partial charge is 0.455 e. The van der Waals surface area contributed by atoms with Crippen LogP contribution < -0.4 is 5.32 Å². The Bertz CT molecular complexity index is 1410. The fourth-order valence-corrected chi connectivity index (χ4v) is 9.01. The van der Waals surface area contributed by atoms with Gasteiger partial charge in [-0.15, -0.1) is 0 Å². The number of carbonyl (C=O) groups excluding carboxylic acids is 4. The first-order chi connectivity index (χ1) is 22.7. The van der Waals surface area contributed by atoms with Gasteiger partial charge in [0.1, 0.15) is 29.8 Å². The Kier molecular flexibility index (Phi) is 10.2. The van der Waals surface area contributed by atoms with Gasteiger partial charge in [0, 0.05) is 23.5 Å². The quantitative estimate of drug-likeness (QED) is 0.335. The van der Waals surface area contributed by atoms with E-state index in [-0.39, 0.29) is 49.3 Å². The van der Waals surface area contributed by atoms with Crippen molar-refractivity contribution in [2.45, 2.75) is 101 Å². The maximum absolute atomic E-state index is 15.1. The number of hydrogen-bond donors (Lipinski definition) is 2. The van der Waals surface area contributed by atoms with Gasteiger partial charge in [0.15, 0.2) is 0 Å². The van der Waals surface area contributed by atoms with Crippen molar-refractivity contribution >= 4 is 39.6 Å². The van der Waals surface area contributed by atoms with Gasteiger partial charge in [-0.2, -0.15) is 0 Å². The van der Waals surface area contributed by atoms with E-state index in [0.29, 0.717) is 29.4 Å². The summed E-state index contributed by atoms with van der Waals surface area (Å²) in [6.45, 7) is 4.04. The Morgan fingerprint density at radius 2 is 1.81 bits per heavy atom. The summed E-state index contributed by atoms with van der Waals surface area (Å²) < 4.78 is 13.4. The second-order valence-electron chi connectivity index (χ2n) is 13.6. The lowest BCUT2D eigenvalue weighted by Gasteiger charge is -2.43. The van der Waals surface area contributed by atoms with Gasteiger partial charge in [0.25, 0.3) is 0 Å². The number of cyclic esters (lactones) is 1. The van der Waals surface area contributed by atoms with E-state index in [0.717, 1.165) is 32.1 Å². The Morgan fingerprint density at radius 3 is 2.51 bits per heavy atom. The van der Waals surface area contributed by atoms with E-state index in [9.17, 15) is 19.5 Å². The number of amides is 3. The molecule has 11 heteroatoms. The summed E-state index contributed by atoms with van der Waals surface area (Å²) in [4.78, 5) is 60.4. The maximum atomic E-state index is 15.1. The predicted octanol–water partition coefficient (Wildman–Crippen LogP) is 4.18. The van der Waals surface area contributed by atoms with Gasteiger partial charge in [-0.3, -0.25) is 19.2 Å². The highest BCUT2D eigenvalue weighted by Crippen LogP contribution is 2.59. The van der Waals surface area contributed by atoms with Crippen molar-refractivity contribution < 1.29 is 33.8 Å². The monoisotopic (exact) mass is 711 g/mol. The van der Waals surface area contributed by atoms with Crippen LogP contribution in [0.4, 0.5) is 0 Å². The SMILES string of the molecule is CC[C@H](C)[C@H](CO)N1C(=O)[C@@H]2[C@H]3C(=O)O[C@@H](c4ccccc4)CNC(=O)CC/C=C\CN(C4CCCCC4)C(=O)[C@@H]1[C@]21C=C(Br)[C@H]3O1. The first-order valence-corrected chi connectivity index (χ1v) is 18.0. The number of hydrogen-bond acceptors (Lipinski definition) is 7. The molecule has 1 aliphatic carbocycles. The third-order valence-electron chi connectivity index (χ3n) is 10.9. The van der Waals surface area contributed by atoms with Crippen LogP contribution in [0.15, 0.2) is 53.0 Å². The molecule has 6 rings (SSSR count). The Morgan fingerprint density at radius 1 is 1.06 bits per heavy atom. The van der Waals surface area contributed by atoms with Crippen LogP contribution in [0.1, 0.15) is 76.9 Å². The molecule has 1 aromatic carbocycles. The number of ether oxygens (including phenoxy) is 2. The number of esters is 1. The van der Waals surface area contributed by atoms with Crippen LogP contribution in [0.2, 0.25) is 0 Å². The van der Waals surface area contributed by atoms with Crippen molar-refractivity contribution in [3.05, 3.63) is 58.6 Å². The molecule has 5 aliphatic rings. The zero-order chi connectivity index (χ0) is 33.3. The molecular weight excluding hydrogens is 666 g/mol. The molecule has 4 heterocycles. The van der Waals surface area contributed by atoms with Gasteiger partial charge < -0.3 is 29.7 Å². The minimum Gasteiger partial charge on any atom is -0.455 e. The summed E-state index contributed by atoms with van der Waals surface area (Å²) in [5.41, 5.74) is -0.705. The number of allylic oxidation sites excluding steroid dienone is 1.